The first-order valence-corrected chi connectivity index (χ1v) is 9.78. The lowest BCUT2D eigenvalue weighted by molar-refractivity contribution is -0.139. The lowest BCUT2D eigenvalue weighted by Gasteiger charge is -2.48. The largest absolute Gasteiger partial charge is 0.508 e. The molecule has 0 radical (unpaired) electrons. The molecule has 1 spiro atoms. The molecule has 1 aromatic rings. The van der Waals surface area contributed by atoms with E-state index in [1.54, 1.807) is 24.5 Å². The third-order valence-corrected chi connectivity index (χ3v) is 7.21. The van der Waals surface area contributed by atoms with E-state index in [1.807, 2.05) is 6.92 Å². The zero-order chi connectivity index (χ0) is 19.6. The molecule has 0 saturated carbocycles. The van der Waals surface area contributed by atoms with Crippen molar-refractivity contribution in [2.24, 2.45) is 11.8 Å². The number of phenolic OH excluding ortho intramolecular Hbond substituents is 1. The normalized spacial score (nSPS) is 36.1. The van der Waals surface area contributed by atoms with E-state index < -0.39 is 5.41 Å². The molecule has 4 aliphatic heterocycles. The number of esters is 1. The maximum atomic E-state index is 13.2. The third kappa shape index (κ3) is 2.19. The van der Waals surface area contributed by atoms with Gasteiger partial charge in [0.1, 0.15) is 5.75 Å². The molecule has 0 aliphatic carbocycles. The van der Waals surface area contributed by atoms with E-state index in [4.69, 9.17) is 9.47 Å². The van der Waals surface area contributed by atoms with Crippen molar-refractivity contribution in [3.8, 4) is 5.75 Å². The second kappa shape index (κ2) is 5.98. The molecule has 1 amide bonds. The lowest BCUT2D eigenvalue weighted by Crippen LogP contribution is -2.56. The van der Waals surface area contributed by atoms with Crippen molar-refractivity contribution in [3.05, 3.63) is 35.6 Å². The van der Waals surface area contributed by atoms with E-state index in [9.17, 15) is 14.7 Å². The standard InChI is InChI=1S/C21H24N2O5/c1-11-14-9-23-6-5-21(16-7-12(24)3-4-17(16)22-20(21)26)18(23)8-13(14)15(10-28-11)19(25)27-2/h3-4,7,10-11,13-14,18,24H,5-6,8-9H2,1-2H3,(H,22,26)/t11-,13-,14-,18-,21-/m0/s1. The van der Waals surface area contributed by atoms with Crippen LogP contribution < -0.4 is 5.32 Å². The molecule has 1 aromatic carbocycles. The summed E-state index contributed by atoms with van der Waals surface area (Å²) in [4.78, 5) is 27.9. The Morgan fingerprint density at radius 1 is 1.43 bits per heavy atom. The second-order valence-electron chi connectivity index (χ2n) is 8.33. The maximum Gasteiger partial charge on any atom is 0.337 e. The Bertz CT molecular complexity index is 897. The topological polar surface area (TPSA) is 88.1 Å². The van der Waals surface area contributed by atoms with Gasteiger partial charge >= 0.3 is 5.97 Å². The predicted molar refractivity (Wildman–Crippen MR) is 101 cm³/mol. The van der Waals surface area contributed by atoms with Crippen LogP contribution in [-0.4, -0.2) is 54.2 Å². The summed E-state index contributed by atoms with van der Waals surface area (Å²) in [5, 5.41) is 13.1. The quantitative estimate of drug-likeness (QED) is 0.567. The number of amides is 1. The molecule has 0 aromatic heterocycles. The fraction of sp³-hybridized carbons (Fsp3) is 0.524. The Hall–Kier alpha value is -2.54. The van der Waals surface area contributed by atoms with Gasteiger partial charge in [0.15, 0.2) is 0 Å². The van der Waals surface area contributed by atoms with Crippen LogP contribution in [0, 0.1) is 11.8 Å². The van der Waals surface area contributed by atoms with Crippen molar-refractivity contribution in [2.45, 2.75) is 37.3 Å². The van der Waals surface area contributed by atoms with Crippen molar-refractivity contribution >= 4 is 17.6 Å². The number of nitrogens with one attached hydrogen (secondary N) is 1. The number of hydrogen-bond acceptors (Lipinski definition) is 6. The monoisotopic (exact) mass is 384 g/mol. The van der Waals surface area contributed by atoms with Crippen LogP contribution in [0.4, 0.5) is 5.69 Å². The Morgan fingerprint density at radius 3 is 3.04 bits per heavy atom. The highest BCUT2D eigenvalue weighted by molar-refractivity contribution is 6.07. The summed E-state index contributed by atoms with van der Waals surface area (Å²) in [6.07, 6.45) is 2.93. The van der Waals surface area contributed by atoms with Gasteiger partial charge in [-0.05, 0) is 50.1 Å². The van der Waals surface area contributed by atoms with Gasteiger partial charge in [-0.3, -0.25) is 9.69 Å². The Morgan fingerprint density at radius 2 is 2.25 bits per heavy atom. The van der Waals surface area contributed by atoms with Gasteiger partial charge in [-0.2, -0.15) is 0 Å². The summed E-state index contributed by atoms with van der Waals surface area (Å²) in [6.45, 7) is 3.61. The van der Waals surface area contributed by atoms with Crippen LogP contribution in [0.15, 0.2) is 30.0 Å². The molecule has 2 saturated heterocycles. The summed E-state index contributed by atoms with van der Waals surface area (Å²) in [7, 11) is 1.38. The van der Waals surface area contributed by atoms with Crippen LogP contribution in [0.5, 0.6) is 5.75 Å². The minimum Gasteiger partial charge on any atom is -0.508 e. The molecule has 28 heavy (non-hydrogen) atoms. The molecule has 0 bridgehead atoms. The molecule has 5 atom stereocenters. The van der Waals surface area contributed by atoms with Gasteiger partial charge in [-0.1, -0.05) is 0 Å². The average molecular weight is 384 g/mol. The number of hydrogen-bond donors (Lipinski definition) is 2. The minimum absolute atomic E-state index is 0.00430. The number of benzene rings is 1. The van der Waals surface area contributed by atoms with Crippen molar-refractivity contribution in [2.75, 3.05) is 25.5 Å². The van der Waals surface area contributed by atoms with E-state index in [-0.39, 0.29) is 41.6 Å². The van der Waals surface area contributed by atoms with E-state index in [2.05, 4.69) is 10.2 Å². The van der Waals surface area contributed by atoms with Gasteiger partial charge in [-0.15, -0.1) is 0 Å². The molecule has 148 valence electrons. The second-order valence-corrected chi connectivity index (χ2v) is 8.33. The highest BCUT2D eigenvalue weighted by Crippen LogP contribution is 2.54. The number of nitrogens with zero attached hydrogens (tertiary/aromatic N) is 1. The molecule has 0 unspecified atom stereocenters. The SMILES string of the molecule is COC(=O)C1=CO[C@@H](C)[C@@H]2CN3CC[C@@]4(C(=O)Nc5ccc(O)cc54)[C@@H]3C[C@H]12. The van der Waals surface area contributed by atoms with Crippen LogP contribution in [0.3, 0.4) is 0 Å². The molecule has 7 heteroatoms. The molecule has 4 heterocycles. The zero-order valence-corrected chi connectivity index (χ0v) is 16.0. The Kier molecular flexibility index (Phi) is 3.75. The van der Waals surface area contributed by atoms with Gasteiger partial charge in [0.25, 0.3) is 0 Å². The molecule has 2 fully saturated rings. The van der Waals surface area contributed by atoms with Gasteiger partial charge in [-0.25, -0.2) is 4.79 Å². The fourth-order valence-corrected chi connectivity index (χ4v) is 5.80. The molecule has 7 nitrogen and oxygen atoms in total. The predicted octanol–water partition coefficient (Wildman–Crippen LogP) is 1.77. The molecule has 4 aliphatic rings. The van der Waals surface area contributed by atoms with Crippen LogP contribution in [-0.2, 0) is 24.5 Å². The van der Waals surface area contributed by atoms with Gasteiger partial charge < -0.3 is 19.9 Å². The summed E-state index contributed by atoms with van der Waals surface area (Å²) in [6, 6.07) is 5.05. The van der Waals surface area contributed by atoms with Crippen molar-refractivity contribution in [3.63, 3.8) is 0 Å². The maximum absolute atomic E-state index is 13.2. The number of fused-ring (bicyclic) bond motifs is 5. The number of aromatic hydroxyl groups is 1. The summed E-state index contributed by atoms with van der Waals surface area (Å²) in [5.41, 5.74) is 1.51. The van der Waals surface area contributed by atoms with Gasteiger partial charge in [0.05, 0.1) is 30.5 Å². The zero-order valence-electron chi connectivity index (χ0n) is 16.0. The average Bonchev–Trinajstić information content (AvgIpc) is 3.20. The third-order valence-electron chi connectivity index (χ3n) is 7.21. The fourth-order valence-electron chi connectivity index (χ4n) is 5.80. The number of ether oxygens (including phenoxy) is 2. The highest BCUT2D eigenvalue weighted by Gasteiger charge is 2.61. The number of carbonyl (C=O) groups is 2. The minimum atomic E-state index is -0.693. The van der Waals surface area contributed by atoms with Crippen LogP contribution in [0.25, 0.3) is 0 Å². The van der Waals surface area contributed by atoms with Gasteiger partial charge in [0.2, 0.25) is 5.91 Å². The van der Waals surface area contributed by atoms with Gasteiger partial charge in [0, 0.05) is 30.1 Å². The van der Waals surface area contributed by atoms with Crippen molar-refractivity contribution < 1.29 is 24.2 Å². The first-order valence-electron chi connectivity index (χ1n) is 9.78. The number of anilines is 1. The van der Waals surface area contributed by atoms with Crippen LogP contribution >= 0.6 is 0 Å². The molecular formula is C21H24N2O5. The summed E-state index contributed by atoms with van der Waals surface area (Å²) < 4.78 is 10.7. The van der Waals surface area contributed by atoms with E-state index in [1.165, 1.54) is 7.11 Å². The number of methoxy groups -OCH3 is 1. The summed E-state index contributed by atoms with van der Waals surface area (Å²) in [5.74, 6) is -0.0455. The van der Waals surface area contributed by atoms with E-state index >= 15 is 0 Å². The Balaban J connectivity index is 1.56. The molecular weight excluding hydrogens is 360 g/mol. The lowest BCUT2D eigenvalue weighted by atomic mass is 9.66. The smallest absolute Gasteiger partial charge is 0.337 e. The summed E-state index contributed by atoms with van der Waals surface area (Å²) >= 11 is 0. The number of rotatable bonds is 1. The molecule has 5 rings (SSSR count). The van der Waals surface area contributed by atoms with E-state index in [0.29, 0.717) is 18.4 Å². The Labute approximate surface area is 163 Å². The molecule has 2 N–H and O–H groups in total. The number of carbonyl (C=O) groups excluding carboxylic acids is 2. The van der Waals surface area contributed by atoms with Crippen LogP contribution in [0.1, 0.15) is 25.3 Å². The first-order chi connectivity index (χ1) is 13.5. The number of piperidine rings is 1. The van der Waals surface area contributed by atoms with E-state index in [0.717, 1.165) is 24.3 Å². The highest BCUT2D eigenvalue weighted by atomic mass is 16.5. The van der Waals surface area contributed by atoms with Crippen molar-refractivity contribution in [1.29, 1.82) is 0 Å². The van der Waals surface area contributed by atoms with Crippen LogP contribution in [0.2, 0.25) is 0 Å². The van der Waals surface area contributed by atoms with Crippen molar-refractivity contribution in [1.82, 2.24) is 4.90 Å². The number of phenols is 1. The first kappa shape index (κ1) is 17.6.